The van der Waals surface area contributed by atoms with Crippen LogP contribution in [0.4, 0.5) is 14.5 Å². The van der Waals surface area contributed by atoms with E-state index in [4.69, 9.17) is 0 Å². The van der Waals surface area contributed by atoms with Crippen molar-refractivity contribution in [2.24, 2.45) is 5.10 Å². The Morgan fingerprint density at radius 1 is 0.978 bits per heavy atom. The van der Waals surface area contributed by atoms with Crippen molar-refractivity contribution in [2.75, 3.05) is 5.75 Å². The molecule has 0 radical (unpaired) electrons. The zero-order chi connectivity index (χ0) is 32.2. The molecule has 0 bridgehead atoms. The van der Waals surface area contributed by atoms with Crippen molar-refractivity contribution in [3.63, 3.8) is 0 Å². The van der Waals surface area contributed by atoms with Crippen LogP contribution in [0, 0.1) is 21.7 Å². The minimum absolute atomic E-state index is 0.0760. The van der Waals surface area contributed by atoms with Gasteiger partial charge in [0, 0.05) is 29.8 Å². The van der Waals surface area contributed by atoms with E-state index in [0.717, 1.165) is 27.9 Å². The van der Waals surface area contributed by atoms with Gasteiger partial charge in [-0.15, -0.1) is 21.5 Å². The molecule has 5 aromatic rings. The summed E-state index contributed by atoms with van der Waals surface area (Å²) in [6.45, 7) is -0.0814. The van der Waals surface area contributed by atoms with Gasteiger partial charge in [0.1, 0.15) is 11.6 Å². The number of non-ortho nitro benzene ring substituents is 1. The Morgan fingerprint density at radius 3 is 2.33 bits per heavy atom. The molecule has 3 aromatic carbocycles. The van der Waals surface area contributed by atoms with E-state index in [0.29, 0.717) is 23.1 Å². The van der Waals surface area contributed by atoms with Gasteiger partial charge in [-0.1, -0.05) is 30.0 Å². The summed E-state index contributed by atoms with van der Waals surface area (Å²) < 4.78 is 29.1. The molecule has 2 aromatic heterocycles. The number of amides is 2. The summed E-state index contributed by atoms with van der Waals surface area (Å²) in [7, 11) is 0. The minimum Gasteiger partial charge on any atom is -0.345 e. The highest BCUT2D eigenvalue weighted by Crippen LogP contribution is 2.35. The number of nitro benzene ring substituents is 1. The summed E-state index contributed by atoms with van der Waals surface area (Å²) in [5.41, 5.74) is 2.07. The van der Waals surface area contributed by atoms with E-state index in [2.05, 4.69) is 20.6 Å². The van der Waals surface area contributed by atoms with Gasteiger partial charge in [-0.25, -0.2) is 13.8 Å². The third-order valence-corrected chi connectivity index (χ3v) is 8.92. The van der Waals surface area contributed by atoms with E-state index in [1.54, 1.807) is 16.7 Å². The van der Waals surface area contributed by atoms with Gasteiger partial charge in [0.15, 0.2) is 11.0 Å². The van der Waals surface area contributed by atoms with Gasteiger partial charge in [0.05, 0.1) is 33.9 Å². The monoisotopic (exact) mass is 659 g/mol. The number of thioether (sulfide) groups is 1. The average molecular weight is 660 g/mol. The molecule has 1 aliphatic rings. The van der Waals surface area contributed by atoms with Gasteiger partial charge in [0.25, 0.3) is 17.5 Å². The zero-order valence-electron chi connectivity index (χ0n) is 23.7. The number of carbonyl (C=O) groups is 2. The molecule has 1 atom stereocenters. The number of aromatic nitrogens is 3. The quantitative estimate of drug-likeness (QED) is 0.112. The van der Waals surface area contributed by atoms with Crippen LogP contribution in [0.15, 0.2) is 101 Å². The van der Waals surface area contributed by atoms with Crippen LogP contribution in [0.5, 0.6) is 0 Å². The Kier molecular flexibility index (Phi) is 8.94. The highest BCUT2D eigenvalue weighted by Gasteiger charge is 2.33. The van der Waals surface area contributed by atoms with Gasteiger partial charge < -0.3 is 5.32 Å². The Hall–Kier alpha value is -5.28. The van der Waals surface area contributed by atoms with Crippen molar-refractivity contribution in [2.45, 2.75) is 24.2 Å². The number of hydrogen-bond acceptors (Lipinski definition) is 9. The topological polar surface area (TPSA) is 136 Å². The molecule has 0 saturated carbocycles. The molecule has 46 heavy (non-hydrogen) atoms. The van der Waals surface area contributed by atoms with Crippen LogP contribution in [0.3, 0.4) is 0 Å². The highest BCUT2D eigenvalue weighted by atomic mass is 32.2. The molecule has 1 N–H and O–H groups in total. The standard InChI is InChI=1S/C31H23F2N7O4S2/c32-21-7-3-19(4-8-21)26-16-25(27-2-1-15-45-27)37-39(26)29(41)18-46-31-36-35-28(38(31)23-13-9-22(33)10-14-23)17-34-30(42)20-5-11-24(12-6-20)40(43)44/h1-15,26H,16-18H2,(H,34,42). The Balaban J connectivity index is 1.22. The first-order valence-corrected chi connectivity index (χ1v) is 15.7. The maximum absolute atomic E-state index is 13.8. The van der Waals surface area contributed by atoms with Crippen LogP contribution >= 0.6 is 23.1 Å². The lowest BCUT2D eigenvalue weighted by Gasteiger charge is -2.22. The van der Waals surface area contributed by atoms with E-state index in [1.807, 2.05) is 17.5 Å². The van der Waals surface area contributed by atoms with Crippen molar-refractivity contribution < 1.29 is 23.3 Å². The van der Waals surface area contributed by atoms with Gasteiger partial charge >= 0.3 is 0 Å². The van der Waals surface area contributed by atoms with Gasteiger partial charge in [0.2, 0.25) is 0 Å². The van der Waals surface area contributed by atoms with Crippen molar-refractivity contribution in [1.29, 1.82) is 0 Å². The summed E-state index contributed by atoms with van der Waals surface area (Å²) in [5, 5.41) is 30.4. The van der Waals surface area contributed by atoms with Crippen LogP contribution in [-0.2, 0) is 11.3 Å². The fraction of sp³-hybridized carbons (Fsp3) is 0.129. The van der Waals surface area contributed by atoms with Gasteiger partial charge in [-0.2, -0.15) is 5.10 Å². The molecular weight excluding hydrogens is 637 g/mol. The number of nitrogens with zero attached hydrogens (tertiary/aromatic N) is 6. The SMILES string of the molecule is O=C(NCc1nnc(SCC(=O)N2N=C(c3cccs3)CC2c2ccc(F)cc2)n1-c1ccc(F)cc1)c1ccc([N+](=O)[O-])cc1. The van der Waals surface area contributed by atoms with E-state index < -0.39 is 22.7 Å². The number of rotatable bonds is 10. The van der Waals surface area contributed by atoms with Crippen LogP contribution in [0.25, 0.3) is 5.69 Å². The first kappa shape index (κ1) is 30.7. The van der Waals surface area contributed by atoms with E-state index in [9.17, 15) is 28.5 Å². The summed E-state index contributed by atoms with van der Waals surface area (Å²) >= 11 is 2.61. The molecule has 1 aliphatic heterocycles. The predicted molar refractivity (Wildman–Crippen MR) is 168 cm³/mol. The van der Waals surface area contributed by atoms with Gasteiger partial charge in [-0.05, 0) is 65.5 Å². The Bertz CT molecular complexity index is 1910. The molecule has 11 nitrogen and oxygen atoms in total. The van der Waals surface area contributed by atoms with Crippen LogP contribution < -0.4 is 5.32 Å². The second-order valence-electron chi connectivity index (χ2n) is 10.0. The molecule has 6 rings (SSSR count). The zero-order valence-corrected chi connectivity index (χ0v) is 25.4. The maximum Gasteiger partial charge on any atom is 0.269 e. The first-order valence-electron chi connectivity index (χ1n) is 13.8. The van der Waals surface area contributed by atoms with Crippen molar-refractivity contribution in [3.8, 4) is 5.69 Å². The van der Waals surface area contributed by atoms with Crippen molar-refractivity contribution >= 4 is 46.3 Å². The molecule has 0 spiro atoms. The Labute approximate surface area is 268 Å². The van der Waals surface area contributed by atoms with Crippen LogP contribution in [-0.4, -0.2) is 48.0 Å². The largest absolute Gasteiger partial charge is 0.345 e. The average Bonchev–Trinajstić information content (AvgIpc) is 3.84. The molecule has 2 amide bonds. The third kappa shape index (κ3) is 6.69. The predicted octanol–water partition coefficient (Wildman–Crippen LogP) is 5.92. The molecule has 0 aliphatic carbocycles. The molecule has 3 heterocycles. The number of nitrogens with one attached hydrogen (secondary N) is 1. The number of hydrazone groups is 1. The molecular formula is C31H23F2N7O4S2. The number of benzene rings is 3. The second-order valence-corrected chi connectivity index (χ2v) is 11.9. The first-order chi connectivity index (χ1) is 22.3. The summed E-state index contributed by atoms with van der Waals surface area (Å²) in [6, 6.07) is 20.1. The molecule has 232 valence electrons. The smallest absolute Gasteiger partial charge is 0.269 e. The van der Waals surface area contributed by atoms with Crippen LogP contribution in [0.2, 0.25) is 0 Å². The normalized spacial score (nSPS) is 14.3. The molecule has 1 unspecified atom stereocenters. The number of carbonyl (C=O) groups excluding carboxylic acids is 2. The fourth-order valence-corrected chi connectivity index (χ4v) is 6.37. The summed E-state index contributed by atoms with van der Waals surface area (Å²) in [6.07, 6.45) is 0.465. The van der Waals surface area contributed by atoms with E-state index >= 15 is 0 Å². The molecule has 0 saturated heterocycles. The lowest BCUT2D eigenvalue weighted by molar-refractivity contribution is -0.384. The highest BCUT2D eigenvalue weighted by molar-refractivity contribution is 7.99. The Morgan fingerprint density at radius 2 is 1.67 bits per heavy atom. The number of thiophene rings is 1. The van der Waals surface area contributed by atoms with Crippen molar-refractivity contribution in [1.82, 2.24) is 25.1 Å². The van der Waals surface area contributed by atoms with Gasteiger partial charge in [-0.3, -0.25) is 24.3 Å². The lowest BCUT2D eigenvalue weighted by Crippen LogP contribution is -2.28. The number of nitro groups is 1. The maximum atomic E-state index is 13.8. The molecule has 0 fully saturated rings. The minimum atomic E-state index is -0.557. The van der Waals surface area contributed by atoms with Crippen LogP contribution in [0.1, 0.15) is 39.1 Å². The second kappa shape index (κ2) is 13.4. The summed E-state index contributed by atoms with van der Waals surface area (Å²) in [4.78, 5) is 37.7. The van der Waals surface area contributed by atoms with Crippen molar-refractivity contribution in [3.05, 3.63) is 134 Å². The number of hydrogen-bond donors (Lipinski definition) is 1. The van der Waals surface area contributed by atoms with E-state index in [-0.39, 0.29) is 35.3 Å². The molecule has 15 heteroatoms. The fourth-order valence-electron chi connectivity index (χ4n) is 4.82. The number of halogens is 2. The summed E-state index contributed by atoms with van der Waals surface area (Å²) in [5.74, 6) is -1.40. The lowest BCUT2D eigenvalue weighted by atomic mass is 10.0. The third-order valence-electron chi connectivity index (χ3n) is 7.08. The van der Waals surface area contributed by atoms with E-state index in [1.165, 1.54) is 77.0 Å².